The topological polar surface area (TPSA) is 146 Å². The van der Waals surface area contributed by atoms with Crippen LogP contribution in [0, 0.1) is 0 Å². The number of rotatable bonds is 7. The van der Waals surface area contributed by atoms with E-state index in [2.05, 4.69) is 20.3 Å². The first kappa shape index (κ1) is 20.9. The van der Waals surface area contributed by atoms with E-state index in [1.807, 2.05) is 0 Å². The van der Waals surface area contributed by atoms with E-state index in [0.717, 1.165) is 17.7 Å². The fraction of sp³-hybridized carbons (Fsp3) is 0.684. The van der Waals surface area contributed by atoms with Gasteiger partial charge in [-0.05, 0) is 19.8 Å². The van der Waals surface area contributed by atoms with Crippen LogP contribution in [0.5, 0.6) is 0 Å². The molecule has 1 aliphatic carbocycles. The summed E-state index contributed by atoms with van der Waals surface area (Å²) in [5.41, 5.74) is 0.984. The molecule has 3 heterocycles. The van der Waals surface area contributed by atoms with Gasteiger partial charge in [-0.2, -0.15) is 0 Å². The van der Waals surface area contributed by atoms with Crippen molar-refractivity contribution < 1.29 is 24.9 Å². The largest absolute Gasteiger partial charge is 0.387 e. The van der Waals surface area contributed by atoms with Crippen LogP contribution in [0.3, 0.4) is 0 Å². The van der Waals surface area contributed by atoms with Crippen molar-refractivity contribution in [1.82, 2.24) is 24.4 Å². The van der Waals surface area contributed by atoms with Crippen molar-refractivity contribution in [2.45, 2.75) is 75.8 Å². The Morgan fingerprint density at radius 1 is 1.27 bits per heavy atom. The number of hydrogen-bond donors (Lipinski definition) is 4. The van der Waals surface area contributed by atoms with Gasteiger partial charge >= 0.3 is 0 Å². The number of nitrogens with zero attached hydrogens (tertiary/aromatic N) is 5. The normalized spacial score (nSPS) is 28.5. The minimum absolute atomic E-state index is 0.232. The molecule has 2 aromatic rings. The lowest BCUT2D eigenvalue weighted by Crippen LogP contribution is -2.48. The van der Waals surface area contributed by atoms with Gasteiger partial charge in [0.15, 0.2) is 29.4 Å². The van der Waals surface area contributed by atoms with E-state index in [1.54, 1.807) is 6.92 Å². The average Bonchev–Trinajstić information content (AvgIpc) is 3.32. The standard InChI is InChI=1S/C19H28N6O5/c1-2-24(10-26)18(29)15-13(27)14(28)19(30-15)25-9-22-12-16(20-8-21-17(12)25)23-11-6-4-3-5-7-11/h8-11,13-15,18-19,27-29H,2-7H2,1H3,(H,20,21,23)/t13-,14+,15-,18?,19+/m0/s1. The molecule has 4 N–H and O–H groups in total. The summed E-state index contributed by atoms with van der Waals surface area (Å²) in [5, 5.41) is 34.8. The molecule has 30 heavy (non-hydrogen) atoms. The van der Waals surface area contributed by atoms with Crippen molar-refractivity contribution in [2.75, 3.05) is 11.9 Å². The molecule has 1 amide bonds. The first-order valence-electron chi connectivity index (χ1n) is 10.4. The molecule has 2 aliphatic rings. The van der Waals surface area contributed by atoms with Crippen molar-refractivity contribution in [3.63, 3.8) is 0 Å². The molecule has 164 valence electrons. The predicted molar refractivity (Wildman–Crippen MR) is 106 cm³/mol. The molecule has 0 bridgehead atoms. The molecule has 1 saturated heterocycles. The number of anilines is 1. The summed E-state index contributed by atoms with van der Waals surface area (Å²) in [6.45, 7) is 1.92. The lowest BCUT2D eigenvalue weighted by atomic mass is 9.95. The molecule has 0 radical (unpaired) electrons. The summed E-state index contributed by atoms with van der Waals surface area (Å²) in [4.78, 5) is 25.2. The quantitative estimate of drug-likeness (QED) is 0.359. The van der Waals surface area contributed by atoms with Crippen LogP contribution in [0.25, 0.3) is 11.2 Å². The minimum atomic E-state index is -1.39. The van der Waals surface area contributed by atoms with Crippen LogP contribution in [0.4, 0.5) is 5.82 Å². The lowest BCUT2D eigenvalue weighted by Gasteiger charge is -2.28. The van der Waals surface area contributed by atoms with Gasteiger partial charge in [0, 0.05) is 12.6 Å². The number of nitrogens with one attached hydrogen (secondary N) is 1. The van der Waals surface area contributed by atoms with Gasteiger partial charge in [0.25, 0.3) is 0 Å². The highest BCUT2D eigenvalue weighted by Gasteiger charge is 2.48. The Morgan fingerprint density at radius 3 is 2.73 bits per heavy atom. The molecule has 0 aromatic carbocycles. The van der Waals surface area contributed by atoms with Crippen LogP contribution >= 0.6 is 0 Å². The Labute approximate surface area is 173 Å². The zero-order valence-electron chi connectivity index (χ0n) is 16.8. The van der Waals surface area contributed by atoms with E-state index < -0.39 is 30.8 Å². The smallest absolute Gasteiger partial charge is 0.211 e. The van der Waals surface area contributed by atoms with Crippen LogP contribution in [-0.4, -0.2) is 83.3 Å². The lowest BCUT2D eigenvalue weighted by molar-refractivity contribution is -0.152. The van der Waals surface area contributed by atoms with E-state index >= 15 is 0 Å². The number of aliphatic hydroxyl groups is 3. The Hall–Kier alpha value is -2.34. The molecule has 11 heteroatoms. The maximum Gasteiger partial charge on any atom is 0.211 e. The number of aliphatic hydroxyl groups excluding tert-OH is 3. The fourth-order valence-corrected chi connectivity index (χ4v) is 4.26. The number of imidazole rings is 1. The third kappa shape index (κ3) is 3.73. The van der Waals surface area contributed by atoms with E-state index in [4.69, 9.17) is 4.74 Å². The van der Waals surface area contributed by atoms with Crippen molar-refractivity contribution in [1.29, 1.82) is 0 Å². The van der Waals surface area contributed by atoms with Crippen molar-refractivity contribution >= 4 is 23.4 Å². The Morgan fingerprint density at radius 2 is 2.03 bits per heavy atom. The second-order valence-corrected chi connectivity index (χ2v) is 7.85. The first-order valence-corrected chi connectivity index (χ1v) is 10.4. The van der Waals surface area contributed by atoms with Gasteiger partial charge in [-0.3, -0.25) is 9.36 Å². The molecule has 1 unspecified atom stereocenters. The first-order chi connectivity index (χ1) is 14.5. The summed E-state index contributed by atoms with van der Waals surface area (Å²) in [6.07, 6.45) is 2.81. The third-order valence-electron chi connectivity index (χ3n) is 5.99. The number of likely N-dealkylation sites (N-methyl/N-ethyl adjacent to an activating group) is 1. The molecule has 1 aliphatic heterocycles. The summed E-state index contributed by atoms with van der Waals surface area (Å²) in [7, 11) is 0. The molecule has 11 nitrogen and oxygen atoms in total. The number of ether oxygens (including phenoxy) is 1. The van der Waals surface area contributed by atoms with E-state index in [0.29, 0.717) is 29.4 Å². The minimum Gasteiger partial charge on any atom is -0.387 e. The Kier molecular flexibility index (Phi) is 6.14. The van der Waals surface area contributed by atoms with Crippen LogP contribution in [0.15, 0.2) is 12.7 Å². The van der Waals surface area contributed by atoms with E-state index in [1.165, 1.54) is 36.5 Å². The Balaban J connectivity index is 1.58. The van der Waals surface area contributed by atoms with E-state index in [9.17, 15) is 20.1 Å². The molecule has 5 atom stereocenters. The van der Waals surface area contributed by atoms with Crippen molar-refractivity contribution in [3.05, 3.63) is 12.7 Å². The molecule has 4 rings (SSSR count). The van der Waals surface area contributed by atoms with E-state index in [-0.39, 0.29) is 6.54 Å². The summed E-state index contributed by atoms with van der Waals surface area (Å²) in [5.74, 6) is 0.619. The SMILES string of the molecule is CCN(C=O)C(O)[C@H]1O[C@@H](n2cnc3c(NC4CCCCC4)ncnc32)[C@H](O)[C@@H]1O. The predicted octanol–water partition coefficient (Wildman–Crippen LogP) is -0.0132. The average molecular weight is 420 g/mol. The van der Waals surface area contributed by atoms with Crippen molar-refractivity contribution in [3.8, 4) is 0 Å². The van der Waals surface area contributed by atoms with Crippen LogP contribution in [0.2, 0.25) is 0 Å². The van der Waals surface area contributed by atoms with Gasteiger partial charge in [-0.1, -0.05) is 19.3 Å². The van der Waals surface area contributed by atoms with Crippen molar-refractivity contribution in [2.24, 2.45) is 0 Å². The fourth-order valence-electron chi connectivity index (χ4n) is 4.26. The third-order valence-corrected chi connectivity index (χ3v) is 5.99. The van der Waals surface area contributed by atoms with Crippen LogP contribution in [-0.2, 0) is 9.53 Å². The Bertz CT molecular complexity index is 872. The second kappa shape index (κ2) is 8.80. The molecular weight excluding hydrogens is 392 g/mol. The van der Waals surface area contributed by atoms with Gasteiger partial charge in [0.05, 0.1) is 6.33 Å². The van der Waals surface area contributed by atoms with Gasteiger partial charge in [-0.25, -0.2) is 15.0 Å². The van der Waals surface area contributed by atoms with Gasteiger partial charge < -0.3 is 30.3 Å². The number of carbonyl (C=O) groups excluding carboxylic acids is 1. The molecule has 2 aromatic heterocycles. The summed E-state index contributed by atoms with van der Waals surface area (Å²) >= 11 is 0. The maximum absolute atomic E-state index is 11.1. The number of carbonyl (C=O) groups is 1. The zero-order valence-corrected chi connectivity index (χ0v) is 16.8. The van der Waals surface area contributed by atoms with Gasteiger partial charge in [0.1, 0.15) is 24.6 Å². The zero-order chi connectivity index (χ0) is 21.3. The van der Waals surface area contributed by atoms with Gasteiger partial charge in [0.2, 0.25) is 6.41 Å². The number of amides is 1. The highest BCUT2D eigenvalue weighted by molar-refractivity contribution is 5.82. The summed E-state index contributed by atoms with van der Waals surface area (Å²) in [6, 6.07) is 0.333. The molecular formula is C19H28N6O5. The number of aromatic nitrogens is 4. The molecule has 1 saturated carbocycles. The molecule has 0 spiro atoms. The molecule has 2 fully saturated rings. The highest BCUT2D eigenvalue weighted by atomic mass is 16.6. The van der Waals surface area contributed by atoms with Crippen LogP contribution in [0.1, 0.15) is 45.3 Å². The van der Waals surface area contributed by atoms with Gasteiger partial charge in [-0.15, -0.1) is 0 Å². The summed E-state index contributed by atoms with van der Waals surface area (Å²) < 4.78 is 7.28. The van der Waals surface area contributed by atoms with Crippen LogP contribution < -0.4 is 5.32 Å². The maximum atomic E-state index is 11.1. The number of hydrogen-bond acceptors (Lipinski definition) is 9. The monoisotopic (exact) mass is 420 g/mol. The second-order valence-electron chi connectivity index (χ2n) is 7.85. The highest BCUT2D eigenvalue weighted by Crippen LogP contribution is 2.34. The number of fused-ring (bicyclic) bond motifs is 1.